The van der Waals surface area contributed by atoms with Crippen molar-refractivity contribution < 1.29 is 9.59 Å². The van der Waals surface area contributed by atoms with Gasteiger partial charge in [0.25, 0.3) is 11.8 Å². The summed E-state index contributed by atoms with van der Waals surface area (Å²) in [7, 11) is 2.00. The van der Waals surface area contributed by atoms with Gasteiger partial charge in [0.05, 0.1) is 16.6 Å². The summed E-state index contributed by atoms with van der Waals surface area (Å²) in [5.74, 6) is -0.645. The van der Waals surface area contributed by atoms with E-state index >= 15 is 0 Å². The van der Waals surface area contributed by atoms with Crippen molar-refractivity contribution in [3.63, 3.8) is 0 Å². The first-order chi connectivity index (χ1) is 12.2. The fourth-order valence-corrected chi connectivity index (χ4v) is 3.87. The van der Waals surface area contributed by atoms with E-state index in [9.17, 15) is 9.59 Å². The second-order valence-electron chi connectivity index (χ2n) is 6.30. The number of para-hydroxylation sites is 1. The van der Waals surface area contributed by atoms with Crippen LogP contribution in [0.5, 0.6) is 0 Å². The van der Waals surface area contributed by atoms with E-state index in [2.05, 4.69) is 9.88 Å². The van der Waals surface area contributed by atoms with E-state index in [1.807, 2.05) is 67.7 Å². The van der Waals surface area contributed by atoms with Crippen molar-refractivity contribution in [1.82, 2.24) is 9.88 Å². The predicted molar refractivity (Wildman–Crippen MR) is 97.7 cm³/mol. The van der Waals surface area contributed by atoms with Gasteiger partial charge in [0, 0.05) is 28.9 Å². The third-order valence-corrected chi connectivity index (χ3v) is 4.95. The topological polar surface area (TPSA) is 51.1 Å². The zero-order chi connectivity index (χ0) is 17.1. The molecule has 2 amide bonds. The number of hydrogen-bond donors (Lipinski definition) is 1. The highest BCUT2D eigenvalue weighted by Gasteiger charge is 2.32. The Labute approximate surface area is 143 Å². The molecular formula is C21H14N2O2. The Morgan fingerprint density at radius 1 is 0.840 bits per heavy atom. The second kappa shape index (κ2) is 4.80. The van der Waals surface area contributed by atoms with Crippen molar-refractivity contribution in [2.24, 2.45) is 7.05 Å². The summed E-state index contributed by atoms with van der Waals surface area (Å²) < 4.78 is 2.10. The van der Waals surface area contributed by atoms with E-state index in [0.29, 0.717) is 11.1 Å². The van der Waals surface area contributed by atoms with Crippen LogP contribution in [0.2, 0.25) is 0 Å². The Balaban J connectivity index is 2.07. The van der Waals surface area contributed by atoms with Gasteiger partial charge < -0.3 is 4.57 Å². The smallest absolute Gasteiger partial charge is 0.259 e. The fourth-order valence-electron chi connectivity index (χ4n) is 3.87. The number of hydrogen-bond acceptors (Lipinski definition) is 2. The maximum absolute atomic E-state index is 12.4. The van der Waals surface area contributed by atoms with Crippen LogP contribution in [0.15, 0.2) is 60.7 Å². The Morgan fingerprint density at radius 3 is 2.36 bits per heavy atom. The van der Waals surface area contributed by atoms with Crippen LogP contribution >= 0.6 is 0 Å². The molecule has 1 aromatic heterocycles. The number of rotatable bonds is 1. The first kappa shape index (κ1) is 14.0. The van der Waals surface area contributed by atoms with Crippen molar-refractivity contribution in [1.29, 1.82) is 0 Å². The summed E-state index contributed by atoms with van der Waals surface area (Å²) in [4.78, 5) is 24.8. The SMILES string of the molecule is Cn1c2ccccc2c2c3c(cc(-c4ccccc4)c21)C(=O)NC3=O. The van der Waals surface area contributed by atoms with Gasteiger partial charge in [-0.05, 0) is 17.7 Å². The molecule has 4 aromatic rings. The number of benzene rings is 3. The van der Waals surface area contributed by atoms with Gasteiger partial charge in [-0.25, -0.2) is 0 Å². The van der Waals surface area contributed by atoms with Gasteiger partial charge in [0.2, 0.25) is 0 Å². The van der Waals surface area contributed by atoms with E-state index in [1.54, 1.807) is 0 Å². The van der Waals surface area contributed by atoms with Gasteiger partial charge in [-0.2, -0.15) is 0 Å². The van der Waals surface area contributed by atoms with Gasteiger partial charge in [-0.15, -0.1) is 0 Å². The third-order valence-electron chi connectivity index (χ3n) is 4.95. The van der Waals surface area contributed by atoms with Gasteiger partial charge in [0.15, 0.2) is 0 Å². The Kier molecular flexibility index (Phi) is 2.69. The molecule has 3 aromatic carbocycles. The molecule has 0 fully saturated rings. The maximum atomic E-state index is 12.4. The van der Waals surface area contributed by atoms with Crippen molar-refractivity contribution >= 4 is 33.6 Å². The molecule has 0 saturated carbocycles. The number of aromatic nitrogens is 1. The van der Waals surface area contributed by atoms with Crippen molar-refractivity contribution in [2.45, 2.75) is 0 Å². The lowest BCUT2D eigenvalue weighted by atomic mass is 9.95. The molecule has 1 aliphatic rings. The second-order valence-corrected chi connectivity index (χ2v) is 6.30. The van der Waals surface area contributed by atoms with E-state index in [4.69, 9.17) is 0 Å². The summed E-state index contributed by atoms with van der Waals surface area (Å²) >= 11 is 0. The standard InChI is InChI=1S/C21H14N2O2/c1-23-16-10-6-5-9-13(16)17-18-15(20(24)22-21(18)25)11-14(19(17)23)12-7-3-2-4-8-12/h2-11H,1H3,(H,22,24,25). The summed E-state index contributed by atoms with van der Waals surface area (Å²) in [6, 6.07) is 19.8. The van der Waals surface area contributed by atoms with Gasteiger partial charge in [-0.3, -0.25) is 14.9 Å². The van der Waals surface area contributed by atoms with Crippen LogP contribution in [0.4, 0.5) is 0 Å². The molecule has 0 radical (unpaired) electrons. The van der Waals surface area contributed by atoms with Crippen molar-refractivity contribution in [2.75, 3.05) is 0 Å². The molecule has 0 saturated heterocycles. The van der Waals surface area contributed by atoms with Crippen LogP contribution in [0.25, 0.3) is 32.9 Å². The summed E-state index contributed by atoms with van der Waals surface area (Å²) in [6.45, 7) is 0. The first-order valence-corrected chi connectivity index (χ1v) is 8.12. The van der Waals surface area contributed by atoms with Crippen LogP contribution in [-0.2, 0) is 7.05 Å². The molecule has 0 spiro atoms. The van der Waals surface area contributed by atoms with E-state index in [-0.39, 0.29) is 11.8 Å². The normalized spacial score (nSPS) is 13.5. The lowest BCUT2D eigenvalue weighted by Gasteiger charge is -2.09. The minimum Gasteiger partial charge on any atom is -0.343 e. The quantitative estimate of drug-likeness (QED) is 0.540. The molecule has 5 rings (SSSR count). The largest absolute Gasteiger partial charge is 0.343 e. The van der Waals surface area contributed by atoms with Crippen LogP contribution in [-0.4, -0.2) is 16.4 Å². The Bertz CT molecular complexity index is 1200. The molecule has 1 N–H and O–H groups in total. The van der Waals surface area contributed by atoms with Gasteiger partial charge in [0.1, 0.15) is 0 Å². The summed E-state index contributed by atoms with van der Waals surface area (Å²) in [5, 5.41) is 4.27. The molecule has 0 atom stereocenters. The molecule has 120 valence electrons. The summed E-state index contributed by atoms with van der Waals surface area (Å²) in [6.07, 6.45) is 0. The predicted octanol–water partition coefficient (Wildman–Crippen LogP) is 3.88. The van der Waals surface area contributed by atoms with Crippen LogP contribution in [0.3, 0.4) is 0 Å². The van der Waals surface area contributed by atoms with Gasteiger partial charge >= 0.3 is 0 Å². The number of carbonyl (C=O) groups is 2. The number of nitrogens with zero attached hydrogens (tertiary/aromatic N) is 1. The van der Waals surface area contributed by atoms with Gasteiger partial charge in [-0.1, -0.05) is 48.5 Å². The zero-order valence-electron chi connectivity index (χ0n) is 13.5. The van der Waals surface area contributed by atoms with Crippen LogP contribution in [0.1, 0.15) is 20.7 Å². The fraction of sp³-hybridized carbons (Fsp3) is 0.0476. The number of carbonyl (C=O) groups excluding carboxylic acids is 2. The van der Waals surface area contributed by atoms with E-state index in [0.717, 1.165) is 32.9 Å². The third kappa shape index (κ3) is 1.76. The molecular weight excluding hydrogens is 312 g/mol. The molecule has 0 unspecified atom stereocenters. The minimum absolute atomic E-state index is 0.319. The Hall–Kier alpha value is -3.40. The number of nitrogens with one attached hydrogen (secondary N) is 1. The summed E-state index contributed by atoms with van der Waals surface area (Å²) in [5.41, 5.74) is 4.92. The molecule has 25 heavy (non-hydrogen) atoms. The van der Waals surface area contributed by atoms with E-state index in [1.165, 1.54) is 0 Å². The molecule has 4 nitrogen and oxygen atoms in total. The first-order valence-electron chi connectivity index (χ1n) is 8.12. The van der Waals surface area contributed by atoms with Crippen molar-refractivity contribution in [3.05, 3.63) is 71.8 Å². The Morgan fingerprint density at radius 2 is 1.56 bits per heavy atom. The van der Waals surface area contributed by atoms with Crippen LogP contribution < -0.4 is 5.32 Å². The number of aryl methyl sites for hydroxylation is 1. The number of imide groups is 1. The average molecular weight is 326 g/mol. The van der Waals surface area contributed by atoms with E-state index < -0.39 is 0 Å². The highest BCUT2D eigenvalue weighted by molar-refractivity contribution is 6.31. The highest BCUT2D eigenvalue weighted by atomic mass is 16.2. The van der Waals surface area contributed by atoms with Crippen LogP contribution in [0, 0.1) is 0 Å². The van der Waals surface area contributed by atoms with Crippen molar-refractivity contribution in [3.8, 4) is 11.1 Å². The average Bonchev–Trinajstić information content (AvgIpc) is 3.10. The zero-order valence-corrected chi connectivity index (χ0v) is 13.5. The molecule has 2 heterocycles. The molecule has 0 aliphatic carbocycles. The molecule has 0 bridgehead atoms. The highest BCUT2D eigenvalue weighted by Crippen LogP contribution is 2.40. The monoisotopic (exact) mass is 326 g/mol. The maximum Gasteiger partial charge on any atom is 0.259 e. The lowest BCUT2D eigenvalue weighted by molar-refractivity contribution is 0.0880. The lowest BCUT2D eigenvalue weighted by Crippen LogP contribution is -2.19. The number of fused-ring (bicyclic) bond motifs is 5. The number of amides is 2. The molecule has 4 heteroatoms. The molecule has 1 aliphatic heterocycles. The minimum atomic E-state index is -0.327.